The van der Waals surface area contributed by atoms with Gasteiger partial charge in [-0.05, 0) is 17.7 Å². The van der Waals surface area contributed by atoms with Gasteiger partial charge in [-0.2, -0.15) is 0 Å². The summed E-state index contributed by atoms with van der Waals surface area (Å²) in [6.45, 7) is 0. The van der Waals surface area contributed by atoms with Gasteiger partial charge in [0.2, 0.25) is 0 Å². The van der Waals surface area contributed by atoms with Crippen molar-refractivity contribution in [2.24, 2.45) is 0 Å². The molecule has 0 saturated heterocycles. The number of imide groups is 1. The van der Waals surface area contributed by atoms with E-state index in [9.17, 15) is 9.59 Å². The molecule has 1 heterocycles. The second-order valence-corrected chi connectivity index (χ2v) is 5.74. The van der Waals surface area contributed by atoms with Gasteiger partial charge in [-0.3, -0.25) is 9.59 Å². The number of anilines is 1. The lowest BCUT2D eigenvalue weighted by atomic mass is 10.2. The van der Waals surface area contributed by atoms with Crippen molar-refractivity contribution in [3.63, 3.8) is 0 Å². The molecule has 0 N–H and O–H groups in total. The summed E-state index contributed by atoms with van der Waals surface area (Å²) in [5.41, 5.74) is 1.03. The van der Waals surface area contributed by atoms with Gasteiger partial charge in [-0.1, -0.05) is 58.5 Å². The maximum absolute atomic E-state index is 11.5. The van der Waals surface area contributed by atoms with E-state index >= 15 is 0 Å². The number of rotatable bonds is 3. The Bertz CT molecular complexity index is 602. The largest absolute Gasteiger partial charge is 0.269 e. The summed E-state index contributed by atoms with van der Waals surface area (Å²) in [7, 11) is 0. The van der Waals surface area contributed by atoms with E-state index in [2.05, 4.69) is 0 Å². The fraction of sp³-hybridized carbons (Fsp3) is 0.0769. The summed E-state index contributed by atoms with van der Waals surface area (Å²) in [6.07, 6.45) is 2.43. The van der Waals surface area contributed by atoms with E-state index in [1.807, 2.05) is 0 Å². The summed E-state index contributed by atoms with van der Waals surface area (Å²) in [5.74, 6) is -0.770. The van der Waals surface area contributed by atoms with Crippen molar-refractivity contribution in [2.75, 3.05) is 4.90 Å². The summed E-state index contributed by atoms with van der Waals surface area (Å²) in [4.78, 5) is 23.2. The third-order valence-corrected chi connectivity index (χ3v) is 4.18. The Kier molecular flexibility index (Phi) is 4.76. The minimum absolute atomic E-state index is 0.109. The second kappa shape index (κ2) is 6.19. The molecule has 0 radical (unpaired) electrons. The van der Waals surface area contributed by atoms with Crippen molar-refractivity contribution in [2.45, 2.75) is 4.84 Å². The van der Waals surface area contributed by atoms with E-state index in [1.165, 1.54) is 12.2 Å². The van der Waals surface area contributed by atoms with Crippen LogP contribution in [0.1, 0.15) is 5.56 Å². The summed E-state index contributed by atoms with van der Waals surface area (Å²) >= 11 is 23.2. The molecule has 1 aromatic rings. The number of hydrogen-bond acceptors (Lipinski definition) is 2. The Balaban J connectivity index is 2.30. The molecule has 20 heavy (non-hydrogen) atoms. The summed E-state index contributed by atoms with van der Waals surface area (Å²) < 4.78 is 0. The number of benzene rings is 1. The Morgan fingerprint density at radius 2 is 1.45 bits per heavy atom. The first-order valence-electron chi connectivity index (χ1n) is 5.41. The van der Waals surface area contributed by atoms with Crippen molar-refractivity contribution in [3.8, 4) is 0 Å². The molecule has 2 rings (SSSR count). The molecule has 1 aromatic carbocycles. The number of carbonyl (C=O) groups excluding carboxylic acids is 2. The van der Waals surface area contributed by atoms with Crippen LogP contribution >= 0.6 is 46.4 Å². The fourth-order valence-corrected chi connectivity index (χ4v) is 2.32. The SMILES string of the molecule is O=C1C=CC(=O)N1c1ccc(C(Cl)=C(Cl)C(Cl)Cl)cc1. The molecular formula is C13H7Cl4NO2. The Labute approximate surface area is 135 Å². The first-order chi connectivity index (χ1) is 9.41. The van der Waals surface area contributed by atoms with E-state index in [0.29, 0.717) is 11.3 Å². The van der Waals surface area contributed by atoms with Crippen LogP contribution in [0.4, 0.5) is 5.69 Å². The average molecular weight is 351 g/mol. The quantitative estimate of drug-likeness (QED) is 0.608. The molecule has 7 heteroatoms. The van der Waals surface area contributed by atoms with Crippen LogP contribution in [0, 0.1) is 0 Å². The highest BCUT2D eigenvalue weighted by molar-refractivity contribution is 6.60. The van der Waals surface area contributed by atoms with E-state index in [4.69, 9.17) is 46.4 Å². The van der Waals surface area contributed by atoms with Gasteiger partial charge in [0.15, 0.2) is 0 Å². The molecule has 0 unspecified atom stereocenters. The van der Waals surface area contributed by atoms with Gasteiger partial charge in [-0.15, -0.1) is 0 Å². The van der Waals surface area contributed by atoms with Crippen molar-refractivity contribution >= 4 is 68.9 Å². The maximum atomic E-state index is 11.5. The predicted molar refractivity (Wildman–Crippen MR) is 82.2 cm³/mol. The van der Waals surface area contributed by atoms with Crippen LogP contribution in [0.2, 0.25) is 0 Å². The molecule has 104 valence electrons. The van der Waals surface area contributed by atoms with Gasteiger partial charge < -0.3 is 0 Å². The van der Waals surface area contributed by atoms with Crippen molar-refractivity contribution < 1.29 is 9.59 Å². The lowest BCUT2D eigenvalue weighted by molar-refractivity contribution is -0.119. The lowest BCUT2D eigenvalue weighted by Crippen LogP contribution is -2.29. The Morgan fingerprint density at radius 3 is 1.90 bits per heavy atom. The van der Waals surface area contributed by atoms with Crippen LogP contribution in [-0.2, 0) is 9.59 Å². The first kappa shape index (κ1) is 15.4. The highest BCUT2D eigenvalue weighted by Crippen LogP contribution is 2.32. The smallest absolute Gasteiger partial charge is 0.258 e. The summed E-state index contributed by atoms with van der Waals surface area (Å²) in [5, 5.41) is 0.322. The molecule has 1 aliphatic rings. The number of allylic oxidation sites excluding steroid dienone is 1. The maximum Gasteiger partial charge on any atom is 0.258 e. The molecule has 0 spiro atoms. The van der Waals surface area contributed by atoms with Gasteiger partial charge >= 0.3 is 0 Å². The molecule has 0 aliphatic carbocycles. The van der Waals surface area contributed by atoms with Crippen LogP contribution < -0.4 is 4.90 Å². The van der Waals surface area contributed by atoms with Gasteiger partial charge in [0, 0.05) is 12.2 Å². The number of halogens is 4. The topological polar surface area (TPSA) is 37.4 Å². The van der Waals surface area contributed by atoms with E-state index in [1.54, 1.807) is 24.3 Å². The van der Waals surface area contributed by atoms with Gasteiger partial charge in [-0.25, -0.2) is 4.90 Å². The van der Waals surface area contributed by atoms with Crippen LogP contribution in [-0.4, -0.2) is 16.7 Å². The number of hydrogen-bond donors (Lipinski definition) is 0. The molecule has 3 nitrogen and oxygen atoms in total. The fourth-order valence-electron chi connectivity index (χ4n) is 1.65. The highest BCUT2D eigenvalue weighted by Gasteiger charge is 2.25. The monoisotopic (exact) mass is 349 g/mol. The zero-order valence-electron chi connectivity index (χ0n) is 9.82. The van der Waals surface area contributed by atoms with Crippen LogP contribution in [0.3, 0.4) is 0 Å². The molecule has 0 aromatic heterocycles. The number of carbonyl (C=O) groups is 2. The van der Waals surface area contributed by atoms with Crippen molar-refractivity contribution in [1.29, 1.82) is 0 Å². The molecule has 1 aliphatic heterocycles. The van der Waals surface area contributed by atoms with E-state index in [-0.39, 0.29) is 21.9 Å². The predicted octanol–water partition coefficient (Wildman–Crippen LogP) is 4.07. The standard InChI is InChI=1S/C13H7Cl4NO2/c14-11(12(15)13(16)17)7-1-3-8(4-2-7)18-9(19)5-6-10(18)20/h1-6,13H. The normalized spacial score (nSPS) is 16.1. The van der Waals surface area contributed by atoms with Gasteiger partial charge in [0.25, 0.3) is 11.8 Å². The molecular weight excluding hydrogens is 344 g/mol. The lowest BCUT2D eigenvalue weighted by Gasteiger charge is -2.14. The molecule has 0 fully saturated rings. The second-order valence-electron chi connectivity index (χ2n) is 3.85. The zero-order chi connectivity index (χ0) is 14.9. The minimum Gasteiger partial charge on any atom is -0.269 e. The van der Waals surface area contributed by atoms with E-state index in [0.717, 1.165) is 4.90 Å². The number of alkyl halides is 2. The third-order valence-electron chi connectivity index (χ3n) is 2.59. The number of amides is 2. The average Bonchev–Trinajstić information content (AvgIpc) is 2.76. The van der Waals surface area contributed by atoms with Crippen LogP contribution in [0.25, 0.3) is 5.03 Å². The number of nitrogens with zero attached hydrogens (tertiary/aromatic N) is 1. The zero-order valence-corrected chi connectivity index (χ0v) is 12.8. The van der Waals surface area contributed by atoms with E-state index < -0.39 is 4.84 Å². The van der Waals surface area contributed by atoms with Gasteiger partial charge in [0.1, 0.15) is 4.84 Å². The molecule has 2 amide bonds. The molecule has 0 atom stereocenters. The van der Waals surface area contributed by atoms with Gasteiger partial charge in [0.05, 0.1) is 15.8 Å². The molecule has 0 bridgehead atoms. The highest BCUT2D eigenvalue weighted by atomic mass is 35.5. The molecule has 0 saturated carbocycles. The van der Waals surface area contributed by atoms with Crippen LogP contribution in [0.15, 0.2) is 41.4 Å². The van der Waals surface area contributed by atoms with Crippen LogP contribution in [0.5, 0.6) is 0 Å². The van der Waals surface area contributed by atoms with Crippen molar-refractivity contribution in [3.05, 3.63) is 47.0 Å². The Hall–Kier alpha value is -1.000. The Morgan fingerprint density at radius 1 is 0.950 bits per heavy atom. The minimum atomic E-state index is -0.921. The first-order valence-corrected chi connectivity index (χ1v) is 7.04. The summed E-state index contributed by atoms with van der Waals surface area (Å²) in [6, 6.07) is 6.41. The van der Waals surface area contributed by atoms with Crippen molar-refractivity contribution in [1.82, 2.24) is 0 Å². The third kappa shape index (κ3) is 3.01.